The van der Waals surface area contributed by atoms with E-state index in [-0.39, 0.29) is 0 Å². The summed E-state index contributed by atoms with van der Waals surface area (Å²) in [5, 5.41) is 9.56. The Morgan fingerprint density at radius 3 is 2.79 bits per heavy atom. The summed E-state index contributed by atoms with van der Waals surface area (Å²) in [5.74, 6) is 2.12. The van der Waals surface area contributed by atoms with Crippen molar-refractivity contribution in [1.29, 1.82) is 0 Å². The number of aryl methyl sites for hydroxylation is 2. The molecule has 1 saturated heterocycles. The van der Waals surface area contributed by atoms with Crippen molar-refractivity contribution in [1.82, 2.24) is 25.0 Å². The van der Waals surface area contributed by atoms with Gasteiger partial charge in [-0.15, -0.1) is 21.5 Å². The highest BCUT2D eigenvalue weighted by Crippen LogP contribution is 2.39. The molecule has 3 heterocycles. The summed E-state index contributed by atoms with van der Waals surface area (Å²) >= 11 is 1.83. The first-order valence-corrected chi connectivity index (χ1v) is 9.58. The highest BCUT2D eigenvalue weighted by atomic mass is 32.1. The number of aromatic nitrogens is 3. The van der Waals surface area contributed by atoms with Gasteiger partial charge in [0, 0.05) is 36.5 Å². The minimum absolute atomic E-state index is 0.532. The van der Waals surface area contributed by atoms with Gasteiger partial charge in [0.1, 0.15) is 0 Å². The smallest absolute Gasteiger partial charge is 0.230 e. The molecule has 6 nitrogen and oxygen atoms in total. The molecule has 7 heteroatoms. The van der Waals surface area contributed by atoms with Crippen LogP contribution in [0.25, 0.3) is 0 Å². The fraction of sp³-hybridized carbons (Fsp3) is 0.706. The van der Waals surface area contributed by atoms with Gasteiger partial charge < -0.3 is 4.42 Å². The SMILES string of the molecule is Cc1nc(C)c(CN2CC[C@H](N(C)Cc3nnc(C4CC4)o3)C2)s1. The van der Waals surface area contributed by atoms with E-state index < -0.39 is 0 Å². The van der Waals surface area contributed by atoms with Crippen LogP contribution in [-0.2, 0) is 13.1 Å². The second kappa shape index (κ2) is 6.54. The molecule has 0 spiro atoms. The molecule has 2 aliphatic rings. The van der Waals surface area contributed by atoms with Crippen molar-refractivity contribution >= 4 is 11.3 Å². The summed E-state index contributed by atoms with van der Waals surface area (Å²) in [6, 6.07) is 0.551. The quantitative estimate of drug-likeness (QED) is 0.801. The van der Waals surface area contributed by atoms with Crippen molar-refractivity contribution in [2.24, 2.45) is 0 Å². The van der Waals surface area contributed by atoms with Crippen molar-refractivity contribution in [2.75, 3.05) is 20.1 Å². The first-order valence-electron chi connectivity index (χ1n) is 8.76. The van der Waals surface area contributed by atoms with E-state index in [1.807, 2.05) is 11.3 Å². The molecule has 1 saturated carbocycles. The summed E-state index contributed by atoms with van der Waals surface area (Å²) < 4.78 is 5.79. The topological polar surface area (TPSA) is 58.3 Å². The number of nitrogens with zero attached hydrogens (tertiary/aromatic N) is 5. The Morgan fingerprint density at radius 2 is 2.08 bits per heavy atom. The number of likely N-dealkylation sites (tertiary alicyclic amines) is 1. The number of likely N-dealkylation sites (N-methyl/N-ethyl adjacent to an activating group) is 1. The van der Waals surface area contributed by atoms with Gasteiger partial charge in [0.15, 0.2) is 0 Å². The summed E-state index contributed by atoms with van der Waals surface area (Å²) in [4.78, 5) is 10.8. The van der Waals surface area contributed by atoms with Crippen molar-refractivity contribution in [3.63, 3.8) is 0 Å². The summed E-state index contributed by atoms with van der Waals surface area (Å²) in [6.07, 6.45) is 3.59. The molecule has 4 rings (SSSR count). The van der Waals surface area contributed by atoms with Crippen LogP contribution < -0.4 is 0 Å². The molecular weight excluding hydrogens is 322 g/mol. The Morgan fingerprint density at radius 1 is 1.25 bits per heavy atom. The number of rotatable bonds is 6. The lowest BCUT2D eigenvalue weighted by Gasteiger charge is -2.23. The maximum Gasteiger partial charge on any atom is 0.230 e. The van der Waals surface area contributed by atoms with Crippen LogP contribution in [0.15, 0.2) is 4.42 Å². The summed E-state index contributed by atoms with van der Waals surface area (Å²) in [5.41, 5.74) is 1.19. The van der Waals surface area contributed by atoms with E-state index in [1.165, 1.54) is 34.8 Å². The standard InChI is InChI=1S/C17H25N5OS/c1-11-15(24-12(2)18-11)9-22-7-6-14(8-22)21(3)10-16-19-20-17(23-16)13-4-5-13/h13-14H,4-10H2,1-3H3/t14-/m0/s1. The van der Waals surface area contributed by atoms with Gasteiger partial charge in [0.2, 0.25) is 11.8 Å². The van der Waals surface area contributed by atoms with Crippen LogP contribution in [0.5, 0.6) is 0 Å². The maximum absolute atomic E-state index is 5.79. The second-order valence-corrected chi connectivity index (χ2v) is 8.43. The van der Waals surface area contributed by atoms with Crippen LogP contribution in [0.3, 0.4) is 0 Å². The fourth-order valence-electron chi connectivity index (χ4n) is 3.41. The first kappa shape index (κ1) is 16.2. The molecule has 1 aliphatic heterocycles. The van der Waals surface area contributed by atoms with Crippen molar-refractivity contribution < 1.29 is 4.42 Å². The van der Waals surface area contributed by atoms with E-state index in [4.69, 9.17) is 4.42 Å². The van der Waals surface area contributed by atoms with E-state index in [0.717, 1.165) is 38.0 Å². The van der Waals surface area contributed by atoms with E-state index in [9.17, 15) is 0 Å². The van der Waals surface area contributed by atoms with Gasteiger partial charge in [-0.1, -0.05) is 0 Å². The predicted molar refractivity (Wildman–Crippen MR) is 93.0 cm³/mol. The van der Waals surface area contributed by atoms with Crippen LogP contribution in [0.1, 0.15) is 52.5 Å². The van der Waals surface area contributed by atoms with Gasteiger partial charge in [-0.05, 0) is 40.2 Å². The number of thiazole rings is 1. The Labute approximate surface area is 146 Å². The highest BCUT2D eigenvalue weighted by molar-refractivity contribution is 7.11. The third-order valence-corrected chi connectivity index (χ3v) is 6.09. The van der Waals surface area contributed by atoms with Crippen LogP contribution in [0.2, 0.25) is 0 Å². The Hall–Kier alpha value is -1.31. The third-order valence-electron chi connectivity index (χ3n) is 5.03. The number of hydrogen-bond acceptors (Lipinski definition) is 7. The van der Waals surface area contributed by atoms with Gasteiger partial charge in [0.05, 0.1) is 17.2 Å². The predicted octanol–water partition coefficient (Wildman–Crippen LogP) is 2.73. The molecular formula is C17H25N5OS. The first-order chi connectivity index (χ1) is 11.6. The van der Waals surface area contributed by atoms with Gasteiger partial charge in [0.25, 0.3) is 0 Å². The second-order valence-electron chi connectivity index (χ2n) is 7.14. The Balaban J connectivity index is 1.31. The average molecular weight is 347 g/mol. The zero-order chi connectivity index (χ0) is 16.7. The summed E-state index contributed by atoms with van der Waals surface area (Å²) in [7, 11) is 2.16. The fourth-order valence-corrected chi connectivity index (χ4v) is 4.39. The molecule has 130 valence electrons. The van der Waals surface area contributed by atoms with E-state index >= 15 is 0 Å². The molecule has 2 aromatic heterocycles. The van der Waals surface area contributed by atoms with Crippen LogP contribution in [0.4, 0.5) is 0 Å². The molecule has 2 fully saturated rings. The molecule has 0 bridgehead atoms. The zero-order valence-electron chi connectivity index (χ0n) is 14.7. The lowest BCUT2D eigenvalue weighted by atomic mass is 10.2. The molecule has 1 aliphatic carbocycles. The third kappa shape index (κ3) is 3.53. The van der Waals surface area contributed by atoms with E-state index in [1.54, 1.807) is 0 Å². The van der Waals surface area contributed by atoms with Gasteiger partial charge in [-0.2, -0.15) is 0 Å². The molecule has 0 aromatic carbocycles. The molecule has 0 N–H and O–H groups in total. The normalized spacial score (nSPS) is 21.9. The Bertz CT molecular complexity index is 708. The van der Waals surface area contributed by atoms with Crippen LogP contribution >= 0.6 is 11.3 Å². The molecule has 0 amide bonds. The average Bonchev–Trinajstić information content (AvgIpc) is 2.96. The highest BCUT2D eigenvalue weighted by Gasteiger charge is 2.31. The van der Waals surface area contributed by atoms with E-state index in [0.29, 0.717) is 12.0 Å². The molecule has 24 heavy (non-hydrogen) atoms. The van der Waals surface area contributed by atoms with Crippen molar-refractivity contribution in [2.45, 2.75) is 58.2 Å². The molecule has 0 radical (unpaired) electrons. The maximum atomic E-state index is 5.79. The van der Waals surface area contributed by atoms with Crippen molar-refractivity contribution in [3.8, 4) is 0 Å². The lowest BCUT2D eigenvalue weighted by molar-refractivity contribution is 0.204. The van der Waals surface area contributed by atoms with Crippen LogP contribution in [0, 0.1) is 13.8 Å². The summed E-state index contributed by atoms with van der Waals surface area (Å²) in [6.45, 7) is 8.21. The van der Waals surface area contributed by atoms with Gasteiger partial charge in [-0.3, -0.25) is 9.80 Å². The molecule has 2 aromatic rings. The largest absolute Gasteiger partial charge is 0.424 e. The number of hydrogen-bond donors (Lipinski definition) is 0. The lowest BCUT2D eigenvalue weighted by Crippen LogP contribution is -2.34. The van der Waals surface area contributed by atoms with Gasteiger partial charge in [-0.25, -0.2) is 4.98 Å². The monoisotopic (exact) mass is 347 g/mol. The zero-order valence-corrected chi connectivity index (χ0v) is 15.5. The minimum Gasteiger partial charge on any atom is -0.424 e. The minimum atomic E-state index is 0.532. The van der Waals surface area contributed by atoms with Crippen LogP contribution in [-0.4, -0.2) is 51.2 Å². The van der Waals surface area contributed by atoms with E-state index in [2.05, 4.69) is 45.9 Å². The van der Waals surface area contributed by atoms with Gasteiger partial charge >= 0.3 is 0 Å². The molecule has 0 unspecified atom stereocenters. The Kier molecular flexibility index (Phi) is 4.40. The van der Waals surface area contributed by atoms with Crippen molar-refractivity contribution in [3.05, 3.63) is 27.4 Å². The molecule has 1 atom stereocenters.